The Morgan fingerprint density at radius 1 is 1.29 bits per heavy atom. The fourth-order valence-corrected chi connectivity index (χ4v) is 4.02. The zero-order chi connectivity index (χ0) is 16.9. The van der Waals surface area contributed by atoms with Gasteiger partial charge in [0.25, 0.3) is 5.91 Å². The van der Waals surface area contributed by atoms with E-state index in [0.29, 0.717) is 5.69 Å². The van der Waals surface area contributed by atoms with Gasteiger partial charge in [0.05, 0.1) is 5.69 Å². The van der Waals surface area contributed by atoms with Crippen LogP contribution in [-0.4, -0.2) is 38.0 Å². The number of aromatic nitrogens is 3. The lowest BCUT2D eigenvalue weighted by Gasteiger charge is -2.27. The molecule has 1 aliphatic carbocycles. The first-order valence-corrected chi connectivity index (χ1v) is 9.65. The molecule has 2 aromatic heterocycles. The number of hydrogen-bond acceptors (Lipinski definition) is 3. The molecule has 128 valence electrons. The average Bonchev–Trinajstić information content (AvgIpc) is 3.23. The van der Waals surface area contributed by atoms with Gasteiger partial charge in [-0.15, -0.1) is 0 Å². The van der Waals surface area contributed by atoms with Crippen LogP contribution in [0.15, 0.2) is 16.7 Å². The van der Waals surface area contributed by atoms with E-state index in [0.717, 1.165) is 48.2 Å². The minimum Gasteiger partial charge on any atom is -0.335 e. The van der Waals surface area contributed by atoms with Crippen molar-refractivity contribution in [2.75, 3.05) is 6.54 Å². The Morgan fingerprint density at radius 3 is 2.83 bits per heavy atom. The SMILES string of the molecule is C[C@@H]1CCCCCN1C(=O)c1cc(C2(C)CC2)n2nc(Br)cc2n1. The van der Waals surface area contributed by atoms with Crippen molar-refractivity contribution < 1.29 is 4.79 Å². The Hall–Kier alpha value is -1.43. The molecule has 2 aromatic rings. The molecule has 0 N–H and O–H groups in total. The summed E-state index contributed by atoms with van der Waals surface area (Å²) in [5, 5.41) is 4.51. The first-order chi connectivity index (χ1) is 11.5. The molecule has 1 saturated carbocycles. The molecule has 1 amide bonds. The van der Waals surface area contributed by atoms with Gasteiger partial charge in [-0.05, 0) is 54.6 Å². The van der Waals surface area contributed by atoms with Crippen molar-refractivity contribution >= 4 is 27.5 Å². The van der Waals surface area contributed by atoms with Gasteiger partial charge in [-0.2, -0.15) is 5.10 Å². The van der Waals surface area contributed by atoms with Gasteiger partial charge in [-0.3, -0.25) is 4.79 Å². The molecule has 4 rings (SSSR count). The maximum Gasteiger partial charge on any atom is 0.272 e. The molecule has 1 atom stereocenters. The summed E-state index contributed by atoms with van der Waals surface area (Å²) in [5.41, 5.74) is 2.53. The summed E-state index contributed by atoms with van der Waals surface area (Å²) in [6.45, 7) is 5.23. The largest absolute Gasteiger partial charge is 0.335 e. The van der Waals surface area contributed by atoms with Crippen LogP contribution in [-0.2, 0) is 5.41 Å². The number of fused-ring (bicyclic) bond motifs is 1. The van der Waals surface area contributed by atoms with Crippen LogP contribution in [0.2, 0.25) is 0 Å². The molecular weight excluding hydrogens is 368 g/mol. The van der Waals surface area contributed by atoms with Gasteiger partial charge in [-0.25, -0.2) is 9.50 Å². The van der Waals surface area contributed by atoms with Crippen molar-refractivity contribution in [3.05, 3.63) is 28.1 Å². The van der Waals surface area contributed by atoms with Gasteiger partial charge < -0.3 is 4.90 Å². The van der Waals surface area contributed by atoms with Crippen LogP contribution in [0.25, 0.3) is 5.65 Å². The highest BCUT2D eigenvalue weighted by Crippen LogP contribution is 2.47. The second-order valence-corrected chi connectivity index (χ2v) is 8.33. The summed E-state index contributed by atoms with van der Waals surface area (Å²) < 4.78 is 2.65. The van der Waals surface area contributed by atoms with Crippen LogP contribution in [0.5, 0.6) is 0 Å². The third kappa shape index (κ3) is 2.75. The van der Waals surface area contributed by atoms with E-state index in [-0.39, 0.29) is 17.4 Å². The van der Waals surface area contributed by atoms with E-state index in [1.807, 2.05) is 21.5 Å². The van der Waals surface area contributed by atoms with E-state index in [1.165, 1.54) is 12.8 Å². The van der Waals surface area contributed by atoms with Crippen molar-refractivity contribution in [2.45, 2.75) is 63.8 Å². The molecule has 24 heavy (non-hydrogen) atoms. The highest BCUT2D eigenvalue weighted by molar-refractivity contribution is 9.10. The van der Waals surface area contributed by atoms with Gasteiger partial charge in [0.15, 0.2) is 5.65 Å². The van der Waals surface area contributed by atoms with Crippen molar-refractivity contribution in [1.82, 2.24) is 19.5 Å². The lowest BCUT2D eigenvalue weighted by atomic mass is 10.0. The standard InChI is InChI=1S/C18H23BrN4O/c1-12-6-4-3-5-9-22(12)17(24)13-10-14(18(2)7-8-18)23-16(20-13)11-15(19)21-23/h10-12H,3-9H2,1-2H3/t12-/m1/s1. The van der Waals surface area contributed by atoms with Crippen molar-refractivity contribution in [3.63, 3.8) is 0 Å². The predicted octanol–water partition coefficient (Wildman–Crippen LogP) is 3.95. The first-order valence-electron chi connectivity index (χ1n) is 8.86. The molecule has 3 heterocycles. The number of rotatable bonds is 2. The van der Waals surface area contributed by atoms with Crippen LogP contribution in [0.4, 0.5) is 0 Å². The van der Waals surface area contributed by atoms with Crippen LogP contribution >= 0.6 is 15.9 Å². The topological polar surface area (TPSA) is 50.5 Å². The number of halogens is 1. The van der Waals surface area contributed by atoms with E-state index in [9.17, 15) is 4.79 Å². The van der Waals surface area contributed by atoms with Crippen LogP contribution in [0.1, 0.15) is 68.6 Å². The minimum atomic E-state index is 0.0646. The fourth-order valence-electron chi connectivity index (χ4n) is 3.65. The maximum atomic E-state index is 13.1. The minimum absolute atomic E-state index is 0.0646. The summed E-state index contributed by atoms with van der Waals surface area (Å²) in [4.78, 5) is 19.8. The Labute approximate surface area is 150 Å². The van der Waals surface area contributed by atoms with Gasteiger partial charge in [-0.1, -0.05) is 19.8 Å². The molecular formula is C18H23BrN4O. The molecule has 1 saturated heterocycles. The lowest BCUT2D eigenvalue weighted by Crippen LogP contribution is -2.39. The normalized spacial score (nSPS) is 23.3. The Bertz CT molecular complexity index is 796. The third-order valence-corrected chi connectivity index (χ3v) is 5.94. The Balaban J connectivity index is 1.77. The second-order valence-electron chi connectivity index (χ2n) is 7.52. The van der Waals surface area contributed by atoms with Gasteiger partial charge in [0.2, 0.25) is 0 Å². The van der Waals surface area contributed by atoms with E-state index >= 15 is 0 Å². The van der Waals surface area contributed by atoms with Gasteiger partial charge >= 0.3 is 0 Å². The van der Waals surface area contributed by atoms with Crippen LogP contribution in [0.3, 0.4) is 0 Å². The van der Waals surface area contributed by atoms with E-state index in [2.05, 4.69) is 39.9 Å². The van der Waals surface area contributed by atoms with Crippen molar-refractivity contribution in [2.24, 2.45) is 0 Å². The molecule has 6 heteroatoms. The zero-order valence-corrected chi connectivity index (χ0v) is 15.8. The molecule has 0 aromatic carbocycles. The number of nitrogens with zero attached hydrogens (tertiary/aromatic N) is 4. The summed E-state index contributed by atoms with van der Waals surface area (Å²) in [6, 6.07) is 4.15. The van der Waals surface area contributed by atoms with Gasteiger partial charge in [0, 0.05) is 24.1 Å². The quantitative estimate of drug-likeness (QED) is 0.779. The maximum absolute atomic E-state index is 13.1. The number of hydrogen-bond donors (Lipinski definition) is 0. The number of likely N-dealkylation sites (tertiary alicyclic amines) is 1. The molecule has 2 aliphatic rings. The number of carbonyl (C=O) groups excluding carboxylic acids is 1. The summed E-state index contributed by atoms with van der Waals surface area (Å²) in [6.07, 6.45) is 6.85. The lowest BCUT2D eigenvalue weighted by molar-refractivity contribution is 0.0691. The first kappa shape index (κ1) is 16.1. The molecule has 0 radical (unpaired) electrons. The highest BCUT2D eigenvalue weighted by atomic mass is 79.9. The summed E-state index contributed by atoms with van der Waals surface area (Å²) in [5.74, 6) is 0.0646. The van der Waals surface area contributed by atoms with E-state index in [4.69, 9.17) is 0 Å². The second kappa shape index (κ2) is 5.83. The fraction of sp³-hybridized carbons (Fsp3) is 0.611. The summed E-state index contributed by atoms with van der Waals surface area (Å²) in [7, 11) is 0. The molecule has 2 fully saturated rings. The molecule has 5 nitrogen and oxygen atoms in total. The average molecular weight is 391 g/mol. The van der Waals surface area contributed by atoms with Crippen molar-refractivity contribution in [1.29, 1.82) is 0 Å². The molecule has 0 bridgehead atoms. The van der Waals surface area contributed by atoms with Crippen molar-refractivity contribution in [3.8, 4) is 0 Å². The Kier molecular flexibility index (Phi) is 3.90. The molecule has 1 aliphatic heterocycles. The third-order valence-electron chi connectivity index (χ3n) is 5.55. The van der Waals surface area contributed by atoms with E-state index < -0.39 is 0 Å². The smallest absolute Gasteiger partial charge is 0.272 e. The number of carbonyl (C=O) groups is 1. The molecule has 0 spiro atoms. The summed E-state index contributed by atoms with van der Waals surface area (Å²) >= 11 is 3.44. The highest BCUT2D eigenvalue weighted by Gasteiger charge is 2.42. The predicted molar refractivity (Wildman–Crippen MR) is 96.2 cm³/mol. The van der Waals surface area contributed by atoms with Crippen LogP contribution in [0, 0.1) is 0 Å². The van der Waals surface area contributed by atoms with Crippen LogP contribution < -0.4 is 0 Å². The monoisotopic (exact) mass is 390 g/mol. The van der Waals surface area contributed by atoms with E-state index in [1.54, 1.807) is 0 Å². The van der Waals surface area contributed by atoms with Gasteiger partial charge in [0.1, 0.15) is 10.3 Å². The molecule has 0 unspecified atom stereocenters. The Morgan fingerprint density at radius 2 is 2.08 bits per heavy atom. The zero-order valence-electron chi connectivity index (χ0n) is 14.3. The number of amides is 1.